The molecule has 0 saturated heterocycles. The zero-order valence-electron chi connectivity index (χ0n) is 14.4. The van der Waals surface area contributed by atoms with Gasteiger partial charge in [0.05, 0.1) is 17.1 Å². The summed E-state index contributed by atoms with van der Waals surface area (Å²) in [4.78, 5) is 23.4. The van der Waals surface area contributed by atoms with Crippen LogP contribution in [-0.2, 0) is 4.79 Å². The minimum atomic E-state index is -0.211. The Labute approximate surface area is 165 Å². The highest BCUT2D eigenvalue weighted by Crippen LogP contribution is 2.29. The van der Waals surface area contributed by atoms with Crippen molar-refractivity contribution in [2.75, 3.05) is 4.90 Å². The van der Waals surface area contributed by atoms with Gasteiger partial charge < -0.3 is 0 Å². The number of fused-ring (bicyclic) bond motifs is 1. The summed E-state index contributed by atoms with van der Waals surface area (Å²) in [5, 5.41) is 2.89. The minimum Gasteiger partial charge on any atom is -0.299 e. The molecule has 0 aliphatic carbocycles. The molecule has 3 aromatic heterocycles. The highest BCUT2D eigenvalue weighted by Gasteiger charge is 2.19. The van der Waals surface area contributed by atoms with Gasteiger partial charge in [0.1, 0.15) is 5.65 Å². The van der Waals surface area contributed by atoms with Crippen LogP contribution in [0.5, 0.6) is 0 Å². The Morgan fingerprint density at radius 2 is 1.93 bits per heavy atom. The number of amides is 1. The topological polar surface area (TPSA) is 50.5 Å². The number of nitrogens with zero attached hydrogens (tertiary/aromatic N) is 4. The predicted molar refractivity (Wildman–Crippen MR) is 110 cm³/mol. The maximum atomic E-state index is 13.0. The van der Waals surface area contributed by atoms with Crippen molar-refractivity contribution in [1.29, 1.82) is 0 Å². The van der Waals surface area contributed by atoms with Crippen molar-refractivity contribution < 1.29 is 4.79 Å². The van der Waals surface area contributed by atoms with Crippen LogP contribution in [0.2, 0.25) is 5.15 Å². The van der Waals surface area contributed by atoms with Crippen molar-refractivity contribution in [3.63, 3.8) is 0 Å². The zero-order chi connectivity index (χ0) is 18.8. The molecule has 0 aliphatic heterocycles. The van der Waals surface area contributed by atoms with Crippen LogP contribution >= 0.6 is 22.9 Å². The molecular formula is C20H15ClN4OS. The molecule has 27 heavy (non-hydrogen) atoms. The summed E-state index contributed by atoms with van der Waals surface area (Å²) < 4.78 is 1.84. The summed E-state index contributed by atoms with van der Waals surface area (Å²) in [5.74, 6) is -0.211. The van der Waals surface area contributed by atoms with Gasteiger partial charge in [-0.15, -0.1) is 11.3 Å². The van der Waals surface area contributed by atoms with Gasteiger partial charge in [-0.05, 0) is 37.3 Å². The monoisotopic (exact) mass is 394 g/mol. The number of anilines is 2. The van der Waals surface area contributed by atoms with E-state index in [-0.39, 0.29) is 5.91 Å². The Morgan fingerprint density at radius 3 is 2.67 bits per heavy atom. The van der Waals surface area contributed by atoms with Gasteiger partial charge in [0.15, 0.2) is 10.3 Å². The number of rotatable bonds is 4. The first-order chi connectivity index (χ1) is 13.1. The second-order valence-electron chi connectivity index (χ2n) is 5.83. The van der Waals surface area contributed by atoms with Crippen LogP contribution in [0.3, 0.4) is 0 Å². The third kappa shape index (κ3) is 3.49. The van der Waals surface area contributed by atoms with Crippen molar-refractivity contribution in [1.82, 2.24) is 14.4 Å². The molecule has 4 aromatic rings. The molecule has 0 saturated carbocycles. The molecule has 0 spiro atoms. The Morgan fingerprint density at radius 1 is 1.15 bits per heavy atom. The number of halogens is 1. The van der Waals surface area contributed by atoms with E-state index in [2.05, 4.69) is 9.97 Å². The number of imidazole rings is 1. The minimum absolute atomic E-state index is 0.211. The molecular weight excluding hydrogens is 380 g/mol. The summed E-state index contributed by atoms with van der Waals surface area (Å²) in [7, 11) is 0. The highest BCUT2D eigenvalue weighted by atomic mass is 35.5. The van der Waals surface area contributed by atoms with E-state index in [0.717, 1.165) is 17.0 Å². The van der Waals surface area contributed by atoms with E-state index in [0.29, 0.717) is 16.0 Å². The van der Waals surface area contributed by atoms with Crippen LogP contribution in [0, 0.1) is 6.92 Å². The smallest absolute Gasteiger partial charge is 0.257 e. The molecule has 0 aliphatic rings. The van der Waals surface area contributed by atoms with Crippen LogP contribution < -0.4 is 4.90 Å². The second kappa shape index (κ2) is 7.34. The Bertz CT molecular complexity index is 1130. The van der Waals surface area contributed by atoms with Gasteiger partial charge in [0.2, 0.25) is 0 Å². The molecule has 134 valence electrons. The summed E-state index contributed by atoms with van der Waals surface area (Å²) in [6.07, 6.45) is 5.03. The first-order valence-electron chi connectivity index (χ1n) is 8.25. The Balaban J connectivity index is 1.72. The maximum absolute atomic E-state index is 13.0. The van der Waals surface area contributed by atoms with E-state index in [1.165, 1.54) is 17.4 Å². The van der Waals surface area contributed by atoms with Crippen LogP contribution in [0.15, 0.2) is 66.2 Å². The van der Waals surface area contributed by atoms with Gasteiger partial charge >= 0.3 is 0 Å². The third-order valence-electron chi connectivity index (χ3n) is 3.94. The van der Waals surface area contributed by atoms with Crippen molar-refractivity contribution in [2.24, 2.45) is 0 Å². The van der Waals surface area contributed by atoms with Crippen LogP contribution in [0.1, 0.15) is 11.4 Å². The molecule has 0 fully saturated rings. The number of pyridine rings is 1. The molecule has 0 N–H and O–H groups in total. The predicted octanol–water partition coefficient (Wildman–Crippen LogP) is 5.13. The number of carbonyl (C=O) groups is 1. The molecule has 1 aromatic carbocycles. The van der Waals surface area contributed by atoms with E-state index in [4.69, 9.17) is 11.6 Å². The fourth-order valence-electron chi connectivity index (χ4n) is 2.71. The summed E-state index contributed by atoms with van der Waals surface area (Å²) in [6.45, 7) is 1.90. The fourth-order valence-corrected chi connectivity index (χ4v) is 3.78. The number of aromatic nitrogens is 3. The lowest BCUT2D eigenvalue weighted by Crippen LogP contribution is -2.23. The van der Waals surface area contributed by atoms with Crippen LogP contribution in [-0.4, -0.2) is 20.3 Å². The lowest BCUT2D eigenvalue weighted by atomic mass is 10.3. The molecule has 4 rings (SSSR count). The fraction of sp³-hybridized carbons (Fsp3) is 0.0500. The van der Waals surface area contributed by atoms with Gasteiger partial charge in [-0.1, -0.05) is 35.9 Å². The normalized spacial score (nSPS) is 11.3. The number of carbonyl (C=O) groups excluding carboxylic acids is 1. The molecule has 1 amide bonds. The average molecular weight is 395 g/mol. The lowest BCUT2D eigenvalue weighted by molar-refractivity contribution is -0.113. The number of hydrogen-bond acceptors (Lipinski definition) is 4. The van der Waals surface area contributed by atoms with Gasteiger partial charge in [0, 0.05) is 17.7 Å². The van der Waals surface area contributed by atoms with Crippen molar-refractivity contribution in [2.45, 2.75) is 6.92 Å². The quantitative estimate of drug-likeness (QED) is 0.451. The summed E-state index contributed by atoms with van der Waals surface area (Å²) in [5.41, 5.74) is 3.01. The number of hydrogen-bond donors (Lipinski definition) is 0. The SMILES string of the molecule is Cc1csc(N(C(=O)/C=C/c2c(Cl)nc3ccccn23)c2ccccc2)n1. The van der Waals surface area contributed by atoms with Crippen molar-refractivity contribution >= 4 is 51.4 Å². The van der Waals surface area contributed by atoms with Gasteiger partial charge in [-0.3, -0.25) is 14.1 Å². The number of para-hydroxylation sites is 1. The number of thiazole rings is 1. The molecule has 5 nitrogen and oxygen atoms in total. The second-order valence-corrected chi connectivity index (χ2v) is 7.03. The van der Waals surface area contributed by atoms with Crippen LogP contribution in [0.25, 0.3) is 11.7 Å². The molecule has 7 heteroatoms. The van der Waals surface area contributed by atoms with Crippen molar-refractivity contribution in [3.8, 4) is 0 Å². The number of benzene rings is 1. The van der Waals surface area contributed by atoms with E-state index in [1.807, 2.05) is 71.4 Å². The lowest BCUT2D eigenvalue weighted by Gasteiger charge is -2.18. The summed E-state index contributed by atoms with van der Waals surface area (Å²) in [6, 6.07) is 15.1. The standard InChI is InChI=1S/C20H15ClN4OS/c1-14-13-27-20(22-14)25(15-7-3-2-4-8-15)18(26)11-10-16-19(21)23-17-9-5-6-12-24(16)17/h2-13H,1H3/b11-10+. The Kier molecular flexibility index (Phi) is 4.75. The van der Waals surface area contributed by atoms with Gasteiger partial charge in [-0.25, -0.2) is 9.97 Å². The molecule has 0 bridgehead atoms. The largest absolute Gasteiger partial charge is 0.299 e. The molecule has 0 atom stereocenters. The first-order valence-corrected chi connectivity index (χ1v) is 9.51. The molecule has 3 heterocycles. The molecule has 0 unspecified atom stereocenters. The Hall–Kier alpha value is -2.96. The summed E-state index contributed by atoms with van der Waals surface area (Å²) >= 11 is 7.68. The average Bonchev–Trinajstić information content (AvgIpc) is 3.23. The zero-order valence-corrected chi connectivity index (χ0v) is 16.0. The number of aryl methyl sites for hydroxylation is 1. The van der Waals surface area contributed by atoms with Crippen molar-refractivity contribution in [3.05, 3.63) is 82.7 Å². The van der Waals surface area contributed by atoms with E-state index in [9.17, 15) is 4.79 Å². The maximum Gasteiger partial charge on any atom is 0.257 e. The third-order valence-corrected chi connectivity index (χ3v) is 5.16. The molecule has 0 radical (unpaired) electrons. The van der Waals surface area contributed by atoms with E-state index in [1.54, 1.807) is 11.0 Å². The first kappa shape index (κ1) is 17.5. The van der Waals surface area contributed by atoms with Gasteiger partial charge in [-0.2, -0.15) is 0 Å². The van der Waals surface area contributed by atoms with Crippen LogP contribution in [0.4, 0.5) is 10.8 Å². The van der Waals surface area contributed by atoms with E-state index < -0.39 is 0 Å². The van der Waals surface area contributed by atoms with E-state index >= 15 is 0 Å². The highest BCUT2D eigenvalue weighted by molar-refractivity contribution is 7.14. The van der Waals surface area contributed by atoms with Gasteiger partial charge in [0.25, 0.3) is 5.91 Å².